The molecule has 3 heterocycles. The van der Waals surface area contributed by atoms with Crippen LogP contribution in [-0.4, -0.2) is 50.2 Å². The molecule has 1 atom stereocenters. The molecule has 162 valence electrons. The number of likely N-dealkylation sites (tertiary alicyclic amines) is 1. The molecule has 2 saturated heterocycles. The number of amides is 1. The molecule has 1 unspecified atom stereocenters. The zero-order valence-electron chi connectivity index (χ0n) is 18.1. The van der Waals surface area contributed by atoms with Crippen molar-refractivity contribution in [2.75, 3.05) is 39.4 Å². The number of ether oxygens (including phenoxy) is 1. The van der Waals surface area contributed by atoms with E-state index in [2.05, 4.69) is 23.2 Å². The number of hydrogen-bond acceptors (Lipinski definition) is 4. The average molecular weight is 419 g/mol. The van der Waals surface area contributed by atoms with Crippen molar-refractivity contribution in [3.05, 3.63) is 21.4 Å². The standard InChI is InChI=1S/C24H38N2O2S/c1-19-9-12-26(13-10-19)17-24(11-6-14-28-18-24)16-25-23(27)22-15-20-7-4-2-3-5-8-21(20)29-22/h15,19H,2-14,16-18H2,1H3,(H,25,27). The largest absolute Gasteiger partial charge is 0.381 e. The fourth-order valence-corrected chi connectivity index (χ4v) is 6.41. The Kier molecular flexibility index (Phi) is 7.30. The van der Waals surface area contributed by atoms with Gasteiger partial charge in [0.15, 0.2) is 0 Å². The molecule has 0 aromatic carbocycles. The summed E-state index contributed by atoms with van der Waals surface area (Å²) in [5.74, 6) is 0.974. The van der Waals surface area contributed by atoms with E-state index in [1.807, 2.05) is 0 Å². The second-order valence-electron chi connectivity index (χ2n) is 9.77. The van der Waals surface area contributed by atoms with Gasteiger partial charge in [-0.15, -0.1) is 11.3 Å². The van der Waals surface area contributed by atoms with Gasteiger partial charge in [0.25, 0.3) is 5.91 Å². The highest BCUT2D eigenvalue weighted by molar-refractivity contribution is 7.14. The van der Waals surface area contributed by atoms with E-state index in [1.165, 1.54) is 62.1 Å². The van der Waals surface area contributed by atoms with Gasteiger partial charge >= 0.3 is 0 Å². The van der Waals surface area contributed by atoms with Crippen LogP contribution in [0.15, 0.2) is 6.07 Å². The molecule has 1 amide bonds. The predicted molar refractivity (Wildman–Crippen MR) is 120 cm³/mol. The molecule has 0 bridgehead atoms. The lowest BCUT2D eigenvalue weighted by Gasteiger charge is -2.42. The van der Waals surface area contributed by atoms with Crippen LogP contribution in [-0.2, 0) is 17.6 Å². The summed E-state index contributed by atoms with van der Waals surface area (Å²) in [5, 5.41) is 3.31. The number of nitrogens with zero attached hydrogens (tertiary/aromatic N) is 1. The highest BCUT2D eigenvalue weighted by atomic mass is 32.1. The molecule has 1 aromatic heterocycles. The van der Waals surface area contributed by atoms with E-state index >= 15 is 0 Å². The highest BCUT2D eigenvalue weighted by Crippen LogP contribution is 2.32. The maximum atomic E-state index is 13.0. The molecular formula is C24H38N2O2S. The number of thiophene rings is 1. The van der Waals surface area contributed by atoms with Gasteiger partial charge in [-0.25, -0.2) is 0 Å². The molecular weight excluding hydrogens is 380 g/mol. The molecule has 0 radical (unpaired) electrons. The van der Waals surface area contributed by atoms with Crippen molar-refractivity contribution in [1.29, 1.82) is 0 Å². The zero-order chi connectivity index (χ0) is 20.1. The number of carbonyl (C=O) groups excluding carboxylic acids is 1. The summed E-state index contributed by atoms with van der Waals surface area (Å²) in [6.45, 7) is 8.18. The zero-order valence-corrected chi connectivity index (χ0v) is 19.0. The van der Waals surface area contributed by atoms with Gasteiger partial charge in [-0.3, -0.25) is 4.79 Å². The fraction of sp³-hybridized carbons (Fsp3) is 0.792. The van der Waals surface area contributed by atoms with E-state index in [0.29, 0.717) is 0 Å². The van der Waals surface area contributed by atoms with Crippen LogP contribution in [0.4, 0.5) is 0 Å². The third kappa shape index (κ3) is 5.62. The summed E-state index contributed by atoms with van der Waals surface area (Å²) in [5.41, 5.74) is 1.50. The lowest BCUT2D eigenvalue weighted by Crippen LogP contribution is -2.51. The third-order valence-electron chi connectivity index (χ3n) is 7.18. The Labute approximate surface area is 180 Å². The summed E-state index contributed by atoms with van der Waals surface area (Å²) >= 11 is 1.73. The van der Waals surface area contributed by atoms with E-state index < -0.39 is 0 Å². The molecule has 29 heavy (non-hydrogen) atoms. The Morgan fingerprint density at radius 1 is 1.21 bits per heavy atom. The van der Waals surface area contributed by atoms with Crippen molar-refractivity contribution in [3.63, 3.8) is 0 Å². The van der Waals surface area contributed by atoms with Gasteiger partial charge in [0.05, 0.1) is 11.5 Å². The van der Waals surface area contributed by atoms with Crippen LogP contribution in [0, 0.1) is 11.3 Å². The minimum absolute atomic E-state index is 0.0698. The molecule has 4 rings (SSSR count). The number of piperidine rings is 1. The number of rotatable bonds is 5. The van der Waals surface area contributed by atoms with Gasteiger partial charge in [-0.2, -0.15) is 0 Å². The van der Waals surface area contributed by atoms with Crippen LogP contribution in [0.3, 0.4) is 0 Å². The Hall–Kier alpha value is -0.910. The van der Waals surface area contributed by atoms with E-state index in [0.717, 1.165) is 62.8 Å². The quantitative estimate of drug-likeness (QED) is 0.756. The summed E-state index contributed by atoms with van der Waals surface area (Å²) in [7, 11) is 0. The normalized spacial score (nSPS) is 27.1. The summed E-state index contributed by atoms with van der Waals surface area (Å²) in [6.07, 6.45) is 12.3. The Morgan fingerprint density at radius 2 is 2.00 bits per heavy atom. The van der Waals surface area contributed by atoms with Crippen molar-refractivity contribution in [2.24, 2.45) is 11.3 Å². The SMILES string of the molecule is CC1CCN(CC2(CNC(=O)c3cc4c(s3)CCCCCC4)CCCOC2)CC1. The topological polar surface area (TPSA) is 41.6 Å². The predicted octanol–water partition coefficient (Wildman–Crippen LogP) is 4.67. The first kappa shape index (κ1) is 21.3. The smallest absolute Gasteiger partial charge is 0.261 e. The molecule has 3 aliphatic rings. The van der Waals surface area contributed by atoms with E-state index in [-0.39, 0.29) is 11.3 Å². The Morgan fingerprint density at radius 3 is 2.76 bits per heavy atom. The summed E-state index contributed by atoms with van der Waals surface area (Å²) < 4.78 is 5.90. The maximum absolute atomic E-state index is 13.0. The van der Waals surface area contributed by atoms with Crippen LogP contribution >= 0.6 is 11.3 Å². The number of nitrogens with one attached hydrogen (secondary N) is 1. The molecule has 0 saturated carbocycles. The molecule has 1 N–H and O–H groups in total. The number of fused-ring (bicyclic) bond motifs is 1. The maximum Gasteiger partial charge on any atom is 0.261 e. The highest BCUT2D eigenvalue weighted by Gasteiger charge is 2.36. The molecule has 5 heteroatoms. The van der Waals surface area contributed by atoms with Gasteiger partial charge in [0, 0.05) is 30.0 Å². The van der Waals surface area contributed by atoms with E-state index in [9.17, 15) is 4.79 Å². The molecule has 0 spiro atoms. The van der Waals surface area contributed by atoms with E-state index in [4.69, 9.17) is 4.74 Å². The number of carbonyl (C=O) groups is 1. The van der Waals surface area contributed by atoms with Gasteiger partial charge in [0.1, 0.15) is 0 Å². The first-order chi connectivity index (χ1) is 14.1. The Bertz CT molecular complexity index is 647. The molecule has 1 aliphatic carbocycles. The van der Waals surface area contributed by atoms with Crippen LogP contribution in [0.5, 0.6) is 0 Å². The van der Waals surface area contributed by atoms with Crippen molar-refractivity contribution in [1.82, 2.24) is 10.2 Å². The minimum Gasteiger partial charge on any atom is -0.381 e. The second kappa shape index (κ2) is 9.93. The lowest BCUT2D eigenvalue weighted by atomic mass is 9.81. The average Bonchev–Trinajstić information content (AvgIpc) is 3.11. The van der Waals surface area contributed by atoms with Gasteiger partial charge in [0.2, 0.25) is 0 Å². The van der Waals surface area contributed by atoms with Crippen LogP contribution in [0.1, 0.15) is 78.4 Å². The summed E-state index contributed by atoms with van der Waals surface area (Å²) in [4.78, 5) is 18.0. The van der Waals surface area contributed by atoms with Gasteiger partial charge < -0.3 is 15.0 Å². The fourth-order valence-electron chi connectivity index (χ4n) is 5.24. The van der Waals surface area contributed by atoms with Crippen LogP contribution < -0.4 is 5.32 Å². The van der Waals surface area contributed by atoms with Crippen molar-refractivity contribution < 1.29 is 9.53 Å². The molecule has 2 aliphatic heterocycles. The minimum atomic E-state index is 0.0698. The number of aryl methyl sites for hydroxylation is 2. The third-order valence-corrected chi connectivity index (χ3v) is 8.42. The van der Waals surface area contributed by atoms with Crippen molar-refractivity contribution >= 4 is 17.2 Å². The van der Waals surface area contributed by atoms with Crippen LogP contribution in [0.25, 0.3) is 0 Å². The second-order valence-corrected chi connectivity index (χ2v) is 10.9. The first-order valence-electron chi connectivity index (χ1n) is 11.8. The van der Waals surface area contributed by atoms with Crippen molar-refractivity contribution in [3.8, 4) is 0 Å². The van der Waals surface area contributed by atoms with Crippen molar-refractivity contribution in [2.45, 2.75) is 71.1 Å². The molecule has 2 fully saturated rings. The molecule has 4 nitrogen and oxygen atoms in total. The summed E-state index contributed by atoms with van der Waals surface area (Å²) in [6, 6.07) is 2.18. The monoisotopic (exact) mass is 418 g/mol. The van der Waals surface area contributed by atoms with Gasteiger partial charge in [-0.05, 0) is 82.0 Å². The van der Waals surface area contributed by atoms with E-state index in [1.54, 1.807) is 11.3 Å². The molecule has 1 aromatic rings. The van der Waals surface area contributed by atoms with Crippen LogP contribution in [0.2, 0.25) is 0 Å². The number of hydrogen-bond donors (Lipinski definition) is 1. The Balaban J connectivity index is 1.38. The first-order valence-corrected chi connectivity index (χ1v) is 12.7. The van der Waals surface area contributed by atoms with Gasteiger partial charge in [-0.1, -0.05) is 19.8 Å². The lowest BCUT2D eigenvalue weighted by molar-refractivity contribution is -0.0295.